The van der Waals surface area contributed by atoms with E-state index in [1.165, 1.54) is 37.7 Å². The number of ether oxygens (including phenoxy) is 1. The average molecular weight is 449 g/mol. The molecule has 0 radical (unpaired) electrons. The van der Waals surface area contributed by atoms with Crippen molar-refractivity contribution in [2.24, 2.45) is 5.92 Å². The zero-order chi connectivity index (χ0) is 23.0. The molecule has 0 heterocycles. The van der Waals surface area contributed by atoms with Crippen LogP contribution in [0.5, 0.6) is 5.75 Å². The number of aliphatic hydroxyl groups excluding tert-OH is 1. The lowest BCUT2D eigenvalue weighted by molar-refractivity contribution is -0.117. The molecule has 2 aromatic carbocycles. The van der Waals surface area contributed by atoms with Crippen molar-refractivity contribution in [2.75, 3.05) is 19.8 Å². The molecule has 0 aromatic heterocycles. The van der Waals surface area contributed by atoms with Gasteiger partial charge >= 0.3 is 0 Å². The van der Waals surface area contributed by atoms with Crippen LogP contribution in [-0.4, -0.2) is 36.7 Å². The van der Waals surface area contributed by atoms with Gasteiger partial charge in [0.15, 0.2) is 0 Å². The Kier molecular flexibility index (Phi) is 7.79. The first-order valence-corrected chi connectivity index (χ1v) is 11.9. The van der Waals surface area contributed by atoms with E-state index in [9.17, 15) is 9.59 Å². The molecule has 0 aliphatic heterocycles. The highest BCUT2D eigenvalue weighted by molar-refractivity contribution is 6.05. The fraction of sp³-hybridized carbons (Fsp3) is 0.407. The zero-order valence-corrected chi connectivity index (χ0v) is 18.9. The lowest BCUT2D eigenvalue weighted by Crippen LogP contribution is -2.36. The van der Waals surface area contributed by atoms with Crippen molar-refractivity contribution in [1.82, 2.24) is 10.6 Å². The van der Waals surface area contributed by atoms with E-state index in [0.29, 0.717) is 18.1 Å². The molecule has 33 heavy (non-hydrogen) atoms. The molecule has 6 heteroatoms. The van der Waals surface area contributed by atoms with Crippen molar-refractivity contribution in [1.29, 1.82) is 0 Å². The summed E-state index contributed by atoms with van der Waals surface area (Å²) in [4.78, 5) is 25.4. The molecular weight excluding hydrogens is 416 g/mol. The SMILES string of the molecule is O=C(NCCO)/C(=C/c1ccc(C2CC2)cc1)NC(=O)c1ccc(OCCCC2CC2)cc1. The van der Waals surface area contributed by atoms with Gasteiger partial charge in [-0.1, -0.05) is 37.1 Å². The topological polar surface area (TPSA) is 87.7 Å². The third kappa shape index (κ3) is 7.19. The summed E-state index contributed by atoms with van der Waals surface area (Å²) in [6, 6.07) is 15.0. The summed E-state index contributed by atoms with van der Waals surface area (Å²) in [5.41, 5.74) is 2.69. The van der Waals surface area contributed by atoms with Crippen LogP contribution in [0.15, 0.2) is 54.2 Å². The van der Waals surface area contributed by atoms with Crippen LogP contribution >= 0.6 is 0 Å². The van der Waals surface area contributed by atoms with Crippen LogP contribution < -0.4 is 15.4 Å². The number of aliphatic hydroxyl groups is 1. The maximum Gasteiger partial charge on any atom is 0.267 e. The van der Waals surface area contributed by atoms with E-state index in [2.05, 4.69) is 22.8 Å². The summed E-state index contributed by atoms with van der Waals surface area (Å²) in [6.07, 6.45) is 9.07. The summed E-state index contributed by atoms with van der Waals surface area (Å²) in [5.74, 6) is 1.46. The standard InChI is InChI=1S/C27H32N2O4/c30-16-15-28-27(32)25(18-20-5-7-21(8-6-20)22-9-10-22)29-26(31)23-11-13-24(14-12-23)33-17-1-2-19-3-4-19/h5-8,11-14,18-19,22,30H,1-4,9-10,15-17H2,(H,28,32)(H,29,31)/b25-18-. The minimum absolute atomic E-state index is 0.111. The number of benzene rings is 2. The van der Waals surface area contributed by atoms with Crippen LogP contribution in [-0.2, 0) is 4.79 Å². The van der Waals surface area contributed by atoms with Crippen LogP contribution in [0.1, 0.15) is 65.9 Å². The van der Waals surface area contributed by atoms with E-state index in [-0.39, 0.29) is 24.8 Å². The highest BCUT2D eigenvalue weighted by Crippen LogP contribution is 2.40. The molecule has 0 atom stereocenters. The molecule has 2 saturated carbocycles. The number of hydrogen-bond acceptors (Lipinski definition) is 4. The number of carbonyl (C=O) groups is 2. The highest BCUT2D eigenvalue weighted by Gasteiger charge is 2.23. The van der Waals surface area contributed by atoms with Gasteiger partial charge in [0, 0.05) is 12.1 Å². The van der Waals surface area contributed by atoms with Crippen molar-refractivity contribution < 1.29 is 19.4 Å². The molecule has 6 nitrogen and oxygen atoms in total. The minimum Gasteiger partial charge on any atom is -0.494 e. The quantitative estimate of drug-likeness (QED) is 0.338. The fourth-order valence-corrected chi connectivity index (χ4v) is 3.74. The molecule has 174 valence electrons. The molecule has 0 saturated heterocycles. The van der Waals surface area contributed by atoms with Gasteiger partial charge in [0.1, 0.15) is 11.4 Å². The van der Waals surface area contributed by atoms with Crippen LogP contribution in [0, 0.1) is 5.92 Å². The number of carbonyl (C=O) groups excluding carboxylic acids is 2. The fourth-order valence-electron chi connectivity index (χ4n) is 3.74. The van der Waals surface area contributed by atoms with Gasteiger partial charge in [-0.25, -0.2) is 0 Å². The third-order valence-electron chi connectivity index (χ3n) is 6.03. The van der Waals surface area contributed by atoms with Crippen molar-refractivity contribution in [3.05, 3.63) is 70.9 Å². The molecular formula is C27H32N2O4. The van der Waals surface area contributed by atoms with Gasteiger partial charge in [-0.05, 0) is 79.0 Å². The first kappa shape index (κ1) is 23.1. The molecule has 4 rings (SSSR count). The normalized spacial score (nSPS) is 15.7. The summed E-state index contributed by atoms with van der Waals surface area (Å²) in [7, 11) is 0. The van der Waals surface area contributed by atoms with Crippen LogP contribution in [0.3, 0.4) is 0 Å². The number of rotatable bonds is 12. The van der Waals surface area contributed by atoms with Gasteiger partial charge in [0.25, 0.3) is 11.8 Å². The molecule has 3 N–H and O–H groups in total. The van der Waals surface area contributed by atoms with Gasteiger partial charge in [-0.3, -0.25) is 9.59 Å². The maximum absolute atomic E-state index is 12.8. The smallest absolute Gasteiger partial charge is 0.267 e. The van der Waals surface area contributed by atoms with E-state index in [1.807, 2.05) is 12.1 Å². The number of hydrogen-bond donors (Lipinski definition) is 3. The molecule has 2 aliphatic rings. The van der Waals surface area contributed by atoms with Gasteiger partial charge < -0.3 is 20.5 Å². The van der Waals surface area contributed by atoms with E-state index in [4.69, 9.17) is 9.84 Å². The Morgan fingerprint density at radius 3 is 2.36 bits per heavy atom. The minimum atomic E-state index is -0.445. The highest BCUT2D eigenvalue weighted by atomic mass is 16.5. The first-order valence-electron chi connectivity index (χ1n) is 11.9. The number of amides is 2. The predicted molar refractivity (Wildman–Crippen MR) is 128 cm³/mol. The van der Waals surface area contributed by atoms with Crippen molar-refractivity contribution >= 4 is 17.9 Å². The maximum atomic E-state index is 12.8. The Morgan fingerprint density at radius 1 is 1.00 bits per heavy atom. The summed E-state index contributed by atoms with van der Waals surface area (Å²) >= 11 is 0. The second-order valence-corrected chi connectivity index (χ2v) is 8.89. The largest absolute Gasteiger partial charge is 0.494 e. The van der Waals surface area contributed by atoms with Crippen LogP contribution in [0.25, 0.3) is 6.08 Å². The zero-order valence-electron chi connectivity index (χ0n) is 18.9. The summed E-state index contributed by atoms with van der Waals surface area (Å²) in [6.45, 7) is 0.615. The molecule has 2 fully saturated rings. The first-order chi connectivity index (χ1) is 16.1. The summed E-state index contributed by atoms with van der Waals surface area (Å²) < 4.78 is 5.76. The molecule has 2 amide bonds. The van der Waals surface area contributed by atoms with Crippen LogP contribution in [0.2, 0.25) is 0 Å². The average Bonchev–Trinajstić information content (AvgIpc) is 3.75. The number of nitrogens with one attached hydrogen (secondary N) is 2. The monoisotopic (exact) mass is 448 g/mol. The van der Waals surface area contributed by atoms with E-state index < -0.39 is 5.91 Å². The van der Waals surface area contributed by atoms with Crippen molar-refractivity contribution in [3.8, 4) is 5.75 Å². The van der Waals surface area contributed by atoms with E-state index in [0.717, 1.165) is 23.7 Å². The molecule has 0 spiro atoms. The van der Waals surface area contributed by atoms with E-state index in [1.54, 1.807) is 30.3 Å². The Morgan fingerprint density at radius 2 is 1.73 bits per heavy atom. The lowest BCUT2D eigenvalue weighted by atomic mass is 10.1. The molecule has 0 bridgehead atoms. The second-order valence-electron chi connectivity index (χ2n) is 8.89. The van der Waals surface area contributed by atoms with E-state index >= 15 is 0 Å². The molecule has 2 aliphatic carbocycles. The Balaban J connectivity index is 1.38. The Hall–Kier alpha value is -3.12. The van der Waals surface area contributed by atoms with Crippen molar-refractivity contribution in [3.63, 3.8) is 0 Å². The summed E-state index contributed by atoms with van der Waals surface area (Å²) in [5, 5.41) is 14.4. The van der Waals surface area contributed by atoms with Crippen molar-refractivity contribution in [2.45, 2.75) is 44.4 Å². The molecule has 0 unspecified atom stereocenters. The Bertz CT molecular complexity index is 974. The third-order valence-corrected chi connectivity index (χ3v) is 6.03. The van der Waals surface area contributed by atoms with Gasteiger partial charge in [0.05, 0.1) is 13.2 Å². The van der Waals surface area contributed by atoms with Gasteiger partial charge in [0.2, 0.25) is 0 Å². The second kappa shape index (κ2) is 11.1. The molecule has 2 aromatic rings. The van der Waals surface area contributed by atoms with Gasteiger partial charge in [-0.2, -0.15) is 0 Å². The van der Waals surface area contributed by atoms with Crippen LogP contribution in [0.4, 0.5) is 0 Å². The predicted octanol–water partition coefficient (Wildman–Crippen LogP) is 4.01. The Labute approximate surface area is 195 Å². The van der Waals surface area contributed by atoms with Gasteiger partial charge in [-0.15, -0.1) is 0 Å². The lowest BCUT2D eigenvalue weighted by Gasteiger charge is -2.11.